The number of hydrogen-bond acceptors (Lipinski definition) is 6. The van der Waals surface area contributed by atoms with Gasteiger partial charge in [-0.25, -0.2) is 19.2 Å². The number of para-hydroxylation sites is 1. The summed E-state index contributed by atoms with van der Waals surface area (Å²) < 4.78 is 29.1. The van der Waals surface area contributed by atoms with Gasteiger partial charge in [-0.2, -0.15) is 0 Å². The fourth-order valence-electron chi connectivity index (χ4n) is 5.70. The summed E-state index contributed by atoms with van der Waals surface area (Å²) >= 11 is 0. The number of fused-ring (bicyclic) bond motifs is 3. The molecule has 1 atom stereocenters. The van der Waals surface area contributed by atoms with Crippen molar-refractivity contribution < 1.29 is 23.5 Å². The van der Waals surface area contributed by atoms with Gasteiger partial charge in [0.2, 0.25) is 0 Å². The zero-order chi connectivity index (χ0) is 29.8. The normalized spacial score (nSPS) is 16.1. The molecule has 4 aromatic rings. The number of rotatable bonds is 8. The summed E-state index contributed by atoms with van der Waals surface area (Å²) in [7, 11) is 3.64. The molecule has 3 aromatic heterocycles. The Hall–Kier alpha value is -4.15. The van der Waals surface area contributed by atoms with Crippen LogP contribution in [-0.2, 0) is 24.8 Å². The molecule has 1 aliphatic heterocycles. The smallest absolute Gasteiger partial charge is 0.408 e. The molecule has 0 bridgehead atoms. The van der Waals surface area contributed by atoms with Crippen molar-refractivity contribution in [3.8, 4) is 17.3 Å². The van der Waals surface area contributed by atoms with Crippen LogP contribution in [0.3, 0.4) is 0 Å². The Labute approximate surface area is 243 Å². The van der Waals surface area contributed by atoms with Crippen molar-refractivity contribution in [3.63, 3.8) is 0 Å². The minimum atomic E-state index is -0.881. The van der Waals surface area contributed by atoms with Gasteiger partial charge in [0.15, 0.2) is 11.5 Å². The standard InChI is InChI=1S/C31H37FN6O4/c1-31(2,3)42-30(40)33-20(15-32)17-37-12-11-22-21(29(37)39)14-23-27(34-22)36(4)28(35-23)24-13-19-7-6-8-25(41-5)26(19)38(24)16-18-9-10-18/h6-8,13-14,18,20H,9-12,15-17H2,1-5H3,(H,33,40)/t20-/m1/s1. The number of hydrogen-bond donors (Lipinski definition) is 1. The number of aryl methyl sites for hydroxylation is 1. The lowest BCUT2D eigenvalue weighted by atomic mass is 10.0. The van der Waals surface area contributed by atoms with Crippen LogP contribution in [0, 0.1) is 5.92 Å². The fraction of sp³-hybridized carbons (Fsp3) is 0.484. The number of carbonyl (C=O) groups is 2. The van der Waals surface area contributed by atoms with Gasteiger partial charge in [-0.05, 0) is 57.7 Å². The molecule has 2 amide bonds. The lowest BCUT2D eigenvalue weighted by Gasteiger charge is -2.31. The number of halogens is 1. The summed E-state index contributed by atoms with van der Waals surface area (Å²) in [6, 6.07) is 9.10. The van der Waals surface area contributed by atoms with E-state index in [9.17, 15) is 14.0 Å². The number of pyridine rings is 1. The summed E-state index contributed by atoms with van der Waals surface area (Å²) in [5, 5.41) is 3.62. The second-order valence-electron chi connectivity index (χ2n) is 12.3. The van der Waals surface area contributed by atoms with Gasteiger partial charge in [0.25, 0.3) is 5.91 Å². The van der Waals surface area contributed by atoms with Crippen molar-refractivity contribution in [2.75, 3.05) is 26.9 Å². The van der Waals surface area contributed by atoms with E-state index in [4.69, 9.17) is 19.4 Å². The number of imidazole rings is 1. The highest BCUT2D eigenvalue weighted by atomic mass is 19.1. The highest BCUT2D eigenvalue weighted by Gasteiger charge is 2.31. The minimum Gasteiger partial charge on any atom is -0.495 e. The monoisotopic (exact) mass is 576 g/mol. The van der Waals surface area contributed by atoms with E-state index < -0.39 is 24.4 Å². The van der Waals surface area contributed by atoms with Crippen molar-refractivity contribution in [1.29, 1.82) is 0 Å². The van der Waals surface area contributed by atoms with Gasteiger partial charge in [-0.3, -0.25) is 4.79 Å². The lowest BCUT2D eigenvalue weighted by Crippen LogP contribution is -2.50. The number of amides is 2. The third-order valence-corrected chi connectivity index (χ3v) is 7.88. The molecule has 0 radical (unpaired) electrons. The van der Waals surface area contributed by atoms with E-state index >= 15 is 0 Å². The van der Waals surface area contributed by atoms with E-state index in [1.807, 2.05) is 23.7 Å². The molecule has 10 nitrogen and oxygen atoms in total. The number of benzene rings is 1. The lowest BCUT2D eigenvalue weighted by molar-refractivity contribution is 0.0465. The maximum absolute atomic E-state index is 13.8. The first-order valence-electron chi connectivity index (χ1n) is 14.4. The predicted molar refractivity (Wildman–Crippen MR) is 157 cm³/mol. The first-order valence-corrected chi connectivity index (χ1v) is 14.4. The summed E-state index contributed by atoms with van der Waals surface area (Å²) in [5.74, 6) is 1.97. The van der Waals surface area contributed by atoms with Crippen LogP contribution in [0.25, 0.3) is 33.6 Å². The second kappa shape index (κ2) is 10.6. The van der Waals surface area contributed by atoms with E-state index in [2.05, 4.69) is 22.0 Å². The fourth-order valence-corrected chi connectivity index (χ4v) is 5.70. The third-order valence-electron chi connectivity index (χ3n) is 7.88. The summed E-state index contributed by atoms with van der Waals surface area (Å²) in [6.45, 7) is 5.68. The van der Waals surface area contributed by atoms with Crippen molar-refractivity contribution in [2.45, 2.75) is 58.2 Å². The van der Waals surface area contributed by atoms with Crippen LogP contribution < -0.4 is 10.1 Å². The van der Waals surface area contributed by atoms with Crippen molar-refractivity contribution in [3.05, 3.63) is 41.6 Å². The zero-order valence-electron chi connectivity index (χ0n) is 24.7. The number of carbonyl (C=O) groups excluding carboxylic acids is 2. The summed E-state index contributed by atoms with van der Waals surface area (Å²) in [4.78, 5) is 37.1. The topological polar surface area (TPSA) is 104 Å². The number of methoxy groups -OCH3 is 1. The summed E-state index contributed by atoms with van der Waals surface area (Å²) in [6.07, 6.45) is 2.22. The molecule has 0 unspecified atom stereocenters. The highest BCUT2D eigenvalue weighted by molar-refractivity contribution is 5.99. The Bertz CT molecular complexity index is 1680. The Morgan fingerprint density at radius 3 is 2.69 bits per heavy atom. The van der Waals surface area contributed by atoms with Gasteiger partial charge in [0.1, 0.15) is 23.5 Å². The Morgan fingerprint density at radius 2 is 2.00 bits per heavy atom. The number of alkyl carbamates (subject to hydrolysis) is 1. The quantitative estimate of drug-likeness (QED) is 0.321. The van der Waals surface area contributed by atoms with Crippen molar-refractivity contribution in [1.82, 2.24) is 29.3 Å². The van der Waals surface area contributed by atoms with Crippen LogP contribution in [0.1, 0.15) is 49.7 Å². The molecule has 11 heteroatoms. The van der Waals surface area contributed by atoms with E-state index in [0.29, 0.717) is 41.3 Å². The molecular weight excluding hydrogens is 539 g/mol. The molecule has 1 saturated carbocycles. The highest BCUT2D eigenvalue weighted by Crippen LogP contribution is 2.39. The largest absolute Gasteiger partial charge is 0.495 e. The Balaban J connectivity index is 1.31. The molecule has 42 heavy (non-hydrogen) atoms. The van der Waals surface area contributed by atoms with Crippen molar-refractivity contribution >= 4 is 34.1 Å². The average molecular weight is 577 g/mol. The number of nitrogens with zero attached hydrogens (tertiary/aromatic N) is 5. The SMILES string of the molecule is COc1cccc2cc(-c3nc4cc5c(nc4n3C)CCN(C[C@@H](CF)NC(=O)OC(C)(C)C)C5=O)n(CC3CC3)c12. The van der Waals surface area contributed by atoms with Crippen molar-refractivity contribution in [2.24, 2.45) is 13.0 Å². The van der Waals surface area contributed by atoms with E-state index in [-0.39, 0.29) is 12.5 Å². The van der Waals surface area contributed by atoms with Gasteiger partial charge in [-0.15, -0.1) is 0 Å². The molecular formula is C31H37FN6O4. The molecule has 2 aliphatic rings. The number of aromatic nitrogens is 4. The van der Waals surface area contributed by atoms with Crippen LogP contribution >= 0.6 is 0 Å². The zero-order valence-corrected chi connectivity index (χ0v) is 24.7. The van der Waals surface area contributed by atoms with Gasteiger partial charge >= 0.3 is 6.09 Å². The van der Waals surface area contributed by atoms with Crippen LogP contribution in [0.2, 0.25) is 0 Å². The van der Waals surface area contributed by atoms with Gasteiger partial charge < -0.3 is 28.8 Å². The van der Waals surface area contributed by atoms with Gasteiger partial charge in [-0.1, -0.05) is 12.1 Å². The molecule has 1 N–H and O–H groups in total. The predicted octanol–water partition coefficient (Wildman–Crippen LogP) is 4.87. The first-order chi connectivity index (χ1) is 20.1. The van der Waals surface area contributed by atoms with Gasteiger partial charge in [0, 0.05) is 38.5 Å². The average Bonchev–Trinajstić information content (AvgIpc) is 3.61. The van der Waals surface area contributed by atoms with Gasteiger partial charge in [0.05, 0.1) is 35.6 Å². The second-order valence-corrected chi connectivity index (χ2v) is 12.3. The molecule has 1 fully saturated rings. The minimum absolute atomic E-state index is 0.0304. The van der Waals surface area contributed by atoms with E-state index in [0.717, 1.165) is 34.7 Å². The maximum atomic E-state index is 13.8. The number of nitrogens with one attached hydrogen (secondary N) is 1. The molecule has 6 rings (SSSR count). The van der Waals surface area contributed by atoms with E-state index in [1.54, 1.807) is 38.8 Å². The van der Waals surface area contributed by atoms with Crippen LogP contribution in [0.15, 0.2) is 30.3 Å². The summed E-state index contributed by atoms with van der Waals surface area (Å²) in [5.41, 5.74) is 3.78. The molecule has 0 spiro atoms. The Kier molecular flexibility index (Phi) is 7.06. The molecule has 1 aliphatic carbocycles. The van der Waals surface area contributed by atoms with Crippen LogP contribution in [0.4, 0.5) is 9.18 Å². The first kappa shape index (κ1) is 28.0. The molecule has 1 aromatic carbocycles. The maximum Gasteiger partial charge on any atom is 0.408 e. The number of ether oxygens (including phenoxy) is 2. The van der Waals surface area contributed by atoms with E-state index in [1.165, 1.54) is 12.8 Å². The third kappa shape index (κ3) is 5.28. The molecule has 222 valence electrons. The molecule has 0 saturated heterocycles. The number of alkyl halides is 1. The molecule has 4 heterocycles. The van der Waals surface area contributed by atoms with Crippen LogP contribution in [0.5, 0.6) is 5.75 Å². The Morgan fingerprint density at radius 1 is 1.21 bits per heavy atom. The van der Waals surface area contributed by atoms with Crippen LogP contribution in [-0.4, -0.2) is 74.5 Å².